The Labute approximate surface area is 82.1 Å². The molecule has 5 heteroatoms. The van der Waals surface area contributed by atoms with Crippen molar-refractivity contribution in [3.63, 3.8) is 0 Å². The predicted octanol–water partition coefficient (Wildman–Crippen LogP) is 2.59. The first-order valence-corrected chi connectivity index (χ1v) is 4.64. The molecule has 0 aromatic heterocycles. The Balaban J connectivity index is 4.37. The summed E-state index contributed by atoms with van der Waals surface area (Å²) < 4.78 is 36.2. The number of hydrogen-bond donors (Lipinski definition) is 0. The molecule has 0 aliphatic rings. The summed E-state index contributed by atoms with van der Waals surface area (Å²) in [7, 11) is 0. The van der Waals surface area contributed by atoms with E-state index in [0.717, 1.165) is 4.90 Å². The van der Waals surface area contributed by atoms with E-state index in [1.54, 1.807) is 20.8 Å². The second-order valence-corrected chi connectivity index (χ2v) is 3.48. The van der Waals surface area contributed by atoms with Crippen LogP contribution in [-0.2, 0) is 4.79 Å². The molecule has 0 rings (SSSR count). The fourth-order valence-corrected chi connectivity index (χ4v) is 1.11. The Morgan fingerprint density at radius 1 is 1.36 bits per heavy atom. The summed E-state index contributed by atoms with van der Waals surface area (Å²) in [4.78, 5) is 12.2. The molecule has 2 nitrogen and oxygen atoms in total. The SMILES string of the molecule is CCCC(=O)N(CC(F)(F)F)C(C)C. The van der Waals surface area contributed by atoms with Gasteiger partial charge in [-0.15, -0.1) is 0 Å². The first kappa shape index (κ1) is 13.3. The maximum atomic E-state index is 12.1. The Morgan fingerprint density at radius 2 is 1.86 bits per heavy atom. The van der Waals surface area contributed by atoms with Gasteiger partial charge in [-0.25, -0.2) is 0 Å². The van der Waals surface area contributed by atoms with E-state index in [1.807, 2.05) is 0 Å². The average Bonchev–Trinajstić information content (AvgIpc) is 1.98. The molecule has 0 fully saturated rings. The van der Waals surface area contributed by atoms with Crippen LogP contribution in [0, 0.1) is 0 Å². The smallest absolute Gasteiger partial charge is 0.331 e. The highest BCUT2D eigenvalue weighted by Crippen LogP contribution is 2.18. The normalized spacial score (nSPS) is 11.9. The van der Waals surface area contributed by atoms with E-state index in [9.17, 15) is 18.0 Å². The molecule has 0 heterocycles. The second-order valence-electron chi connectivity index (χ2n) is 3.48. The molecule has 0 saturated heterocycles. The lowest BCUT2D eigenvalue weighted by atomic mass is 10.2. The van der Waals surface area contributed by atoms with Crippen LogP contribution < -0.4 is 0 Å². The monoisotopic (exact) mass is 211 g/mol. The minimum atomic E-state index is -4.31. The van der Waals surface area contributed by atoms with Gasteiger partial charge in [-0.05, 0) is 20.3 Å². The van der Waals surface area contributed by atoms with Crippen molar-refractivity contribution >= 4 is 5.91 Å². The van der Waals surface area contributed by atoms with Gasteiger partial charge in [0, 0.05) is 12.5 Å². The van der Waals surface area contributed by atoms with Gasteiger partial charge in [-0.2, -0.15) is 13.2 Å². The average molecular weight is 211 g/mol. The summed E-state index contributed by atoms with van der Waals surface area (Å²) in [6.07, 6.45) is -3.57. The van der Waals surface area contributed by atoms with E-state index in [4.69, 9.17) is 0 Å². The zero-order valence-electron chi connectivity index (χ0n) is 8.69. The summed E-state index contributed by atoms with van der Waals surface area (Å²) in [6.45, 7) is 3.78. The minimum Gasteiger partial charge on any atom is -0.331 e. The molecule has 0 saturated carbocycles. The van der Waals surface area contributed by atoms with E-state index in [0.29, 0.717) is 6.42 Å². The van der Waals surface area contributed by atoms with E-state index < -0.39 is 24.7 Å². The Morgan fingerprint density at radius 3 is 2.14 bits per heavy atom. The van der Waals surface area contributed by atoms with Crippen molar-refractivity contribution in [2.24, 2.45) is 0 Å². The van der Waals surface area contributed by atoms with Gasteiger partial charge in [-0.1, -0.05) is 6.92 Å². The number of carbonyl (C=O) groups excluding carboxylic acids is 1. The molecule has 0 unspecified atom stereocenters. The molecular weight excluding hydrogens is 195 g/mol. The molecule has 0 bridgehead atoms. The van der Waals surface area contributed by atoms with Crippen LogP contribution in [0.4, 0.5) is 13.2 Å². The quantitative estimate of drug-likeness (QED) is 0.699. The molecule has 0 radical (unpaired) electrons. The number of halogens is 3. The van der Waals surface area contributed by atoms with Crippen LogP contribution >= 0.6 is 0 Å². The van der Waals surface area contributed by atoms with E-state index >= 15 is 0 Å². The molecule has 0 aliphatic heterocycles. The third-order valence-corrected chi connectivity index (χ3v) is 1.76. The standard InChI is InChI=1S/C9H16F3NO/c1-4-5-8(14)13(7(2)3)6-9(10,11)12/h7H,4-6H2,1-3H3. The highest BCUT2D eigenvalue weighted by atomic mass is 19.4. The summed E-state index contributed by atoms with van der Waals surface area (Å²) in [5.74, 6) is -0.431. The van der Waals surface area contributed by atoms with Gasteiger partial charge >= 0.3 is 6.18 Å². The van der Waals surface area contributed by atoms with Crippen molar-refractivity contribution < 1.29 is 18.0 Å². The molecule has 0 aromatic carbocycles. The molecule has 0 aliphatic carbocycles. The van der Waals surface area contributed by atoms with Crippen LogP contribution in [0.25, 0.3) is 0 Å². The number of nitrogens with zero attached hydrogens (tertiary/aromatic N) is 1. The van der Waals surface area contributed by atoms with Gasteiger partial charge in [0.05, 0.1) is 0 Å². The Kier molecular flexibility index (Phi) is 4.94. The van der Waals surface area contributed by atoms with Crippen molar-refractivity contribution in [1.82, 2.24) is 4.90 Å². The molecule has 0 aromatic rings. The van der Waals surface area contributed by atoms with Gasteiger partial charge in [0.2, 0.25) is 5.91 Å². The molecule has 84 valence electrons. The van der Waals surface area contributed by atoms with Gasteiger partial charge < -0.3 is 4.90 Å². The van der Waals surface area contributed by atoms with Crippen LogP contribution in [0.1, 0.15) is 33.6 Å². The number of rotatable bonds is 4. The van der Waals surface area contributed by atoms with Crippen LogP contribution in [0.15, 0.2) is 0 Å². The van der Waals surface area contributed by atoms with Crippen molar-refractivity contribution in [1.29, 1.82) is 0 Å². The summed E-state index contributed by atoms with van der Waals surface area (Å²) in [5.41, 5.74) is 0. The zero-order valence-corrected chi connectivity index (χ0v) is 8.69. The first-order chi connectivity index (χ1) is 6.28. The van der Waals surface area contributed by atoms with Crippen molar-refractivity contribution in [2.75, 3.05) is 6.54 Å². The second kappa shape index (κ2) is 5.22. The molecule has 1 amide bonds. The van der Waals surface area contributed by atoms with Gasteiger partial charge in [0.15, 0.2) is 0 Å². The van der Waals surface area contributed by atoms with E-state index in [-0.39, 0.29) is 6.42 Å². The van der Waals surface area contributed by atoms with Crippen LogP contribution in [0.2, 0.25) is 0 Å². The number of hydrogen-bond acceptors (Lipinski definition) is 1. The van der Waals surface area contributed by atoms with E-state index in [1.165, 1.54) is 0 Å². The lowest BCUT2D eigenvalue weighted by Gasteiger charge is -2.27. The minimum absolute atomic E-state index is 0.175. The van der Waals surface area contributed by atoms with E-state index in [2.05, 4.69) is 0 Å². The van der Waals surface area contributed by atoms with Crippen molar-refractivity contribution in [2.45, 2.75) is 45.8 Å². The van der Waals surface area contributed by atoms with Crippen molar-refractivity contribution in [3.05, 3.63) is 0 Å². The Bertz CT molecular complexity index is 189. The molecular formula is C9H16F3NO. The van der Waals surface area contributed by atoms with Crippen molar-refractivity contribution in [3.8, 4) is 0 Å². The number of alkyl halides is 3. The number of carbonyl (C=O) groups is 1. The lowest BCUT2D eigenvalue weighted by Crippen LogP contribution is -2.43. The maximum absolute atomic E-state index is 12.1. The fourth-order valence-electron chi connectivity index (χ4n) is 1.11. The summed E-state index contributed by atoms with van der Waals surface area (Å²) in [5, 5.41) is 0. The lowest BCUT2D eigenvalue weighted by molar-refractivity contribution is -0.164. The van der Waals surface area contributed by atoms with Crippen LogP contribution in [0.5, 0.6) is 0 Å². The summed E-state index contributed by atoms with van der Waals surface area (Å²) >= 11 is 0. The largest absolute Gasteiger partial charge is 0.406 e. The molecule has 0 N–H and O–H groups in total. The molecule has 0 atom stereocenters. The zero-order chi connectivity index (χ0) is 11.4. The summed E-state index contributed by atoms with van der Waals surface area (Å²) in [6, 6.07) is -0.407. The predicted molar refractivity (Wildman–Crippen MR) is 47.8 cm³/mol. The third kappa shape index (κ3) is 5.09. The van der Waals surface area contributed by atoms with Gasteiger partial charge in [-0.3, -0.25) is 4.79 Å². The van der Waals surface area contributed by atoms with Gasteiger partial charge in [0.25, 0.3) is 0 Å². The first-order valence-electron chi connectivity index (χ1n) is 4.64. The van der Waals surface area contributed by atoms with Crippen LogP contribution in [0.3, 0.4) is 0 Å². The maximum Gasteiger partial charge on any atom is 0.406 e. The highest BCUT2D eigenvalue weighted by molar-refractivity contribution is 5.76. The van der Waals surface area contributed by atoms with Crippen LogP contribution in [-0.4, -0.2) is 29.6 Å². The Hall–Kier alpha value is -0.740. The molecule has 14 heavy (non-hydrogen) atoms. The van der Waals surface area contributed by atoms with Gasteiger partial charge in [0.1, 0.15) is 6.54 Å². The topological polar surface area (TPSA) is 20.3 Å². The third-order valence-electron chi connectivity index (χ3n) is 1.76. The molecule has 0 spiro atoms. The highest BCUT2D eigenvalue weighted by Gasteiger charge is 2.33. The number of amides is 1. The fraction of sp³-hybridized carbons (Fsp3) is 0.889.